The average Bonchev–Trinajstić information content (AvgIpc) is 2.63. The van der Waals surface area contributed by atoms with E-state index >= 15 is 0 Å². The van der Waals surface area contributed by atoms with E-state index in [-0.39, 0.29) is 12.4 Å². The quantitative estimate of drug-likeness (QED) is 0.627. The summed E-state index contributed by atoms with van der Waals surface area (Å²) in [7, 11) is 0. The second-order valence-corrected chi connectivity index (χ2v) is 10.8. The zero-order valence-electron chi connectivity index (χ0n) is 17.6. The zero-order valence-corrected chi connectivity index (χ0v) is 17.6. The molecule has 4 aliphatic rings. The maximum absolute atomic E-state index is 13.8. The topological polar surface area (TPSA) is 21.3 Å². The SMILES string of the molecule is C[C@]12CC3CC(NCc4cccc(OCc5ccccc5F)c4)(C1)C[C@@](C)(C3)C2. The van der Waals surface area contributed by atoms with Crippen LogP contribution in [0.3, 0.4) is 0 Å². The van der Waals surface area contributed by atoms with Gasteiger partial charge < -0.3 is 10.1 Å². The average molecular weight is 394 g/mol. The molecule has 2 nitrogen and oxygen atoms in total. The smallest absolute Gasteiger partial charge is 0.129 e. The van der Waals surface area contributed by atoms with Crippen LogP contribution in [0, 0.1) is 22.6 Å². The third kappa shape index (κ3) is 3.82. The van der Waals surface area contributed by atoms with Crippen molar-refractivity contribution in [1.29, 1.82) is 0 Å². The Labute approximate surface area is 173 Å². The Morgan fingerprint density at radius 3 is 2.45 bits per heavy atom. The fraction of sp³-hybridized carbons (Fsp3) is 0.538. The Morgan fingerprint density at radius 2 is 1.72 bits per heavy atom. The van der Waals surface area contributed by atoms with Gasteiger partial charge in [-0.05, 0) is 79.0 Å². The molecule has 29 heavy (non-hydrogen) atoms. The molecule has 0 amide bonds. The molecule has 1 N–H and O–H groups in total. The van der Waals surface area contributed by atoms with Gasteiger partial charge in [0, 0.05) is 17.6 Å². The molecule has 4 bridgehead atoms. The molecule has 2 aromatic carbocycles. The lowest BCUT2D eigenvalue weighted by atomic mass is 9.43. The summed E-state index contributed by atoms with van der Waals surface area (Å²) in [5.41, 5.74) is 3.17. The van der Waals surface area contributed by atoms with Crippen LogP contribution in [-0.4, -0.2) is 5.54 Å². The Bertz CT molecular complexity index is 891. The van der Waals surface area contributed by atoms with Crippen molar-refractivity contribution in [3.8, 4) is 5.75 Å². The summed E-state index contributed by atoms with van der Waals surface area (Å²) in [6, 6.07) is 15.0. The van der Waals surface area contributed by atoms with Crippen LogP contribution in [0.4, 0.5) is 4.39 Å². The Morgan fingerprint density at radius 1 is 0.966 bits per heavy atom. The van der Waals surface area contributed by atoms with Gasteiger partial charge in [-0.25, -0.2) is 4.39 Å². The normalized spacial score (nSPS) is 35.1. The van der Waals surface area contributed by atoms with E-state index in [0.717, 1.165) is 18.2 Å². The number of hydrogen-bond acceptors (Lipinski definition) is 2. The lowest BCUT2D eigenvalue weighted by molar-refractivity contribution is -0.118. The highest BCUT2D eigenvalue weighted by Gasteiger charge is 2.59. The molecular formula is C26H32FNO. The summed E-state index contributed by atoms with van der Waals surface area (Å²) in [6.07, 6.45) is 8.21. The molecular weight excluding hydrogens is 361 g/mol. The van der Waals surface area contributed by atoms with Crippen LogP contribution in [0.25, 0.3) is 0 Å². The van der Waals surface area contributed by atoms with Crippen LogP contribution in [0.15, 0.2) is 48.5 Å². The maximum Gasteiger partial charge on any atom is 0.129 e. The van der Waals surface area contributed by atoms with Crippen molar-refractivity contribution < 1.29 is 9.13 Å². The first-order chi connectivity index (χ1) is 13.8. The van der Waals surface area contributed by atoms with Crippen molar-refractivity contribution in [1.82, 2.24) is 5.32 Å². The lowest BCUT2D eigenvalue weighted by Crippen LogP contribution is -2.63. The van der Waals surface area contributed by atoms with Crippen LogP contribution in [-0.2, 0) is 13.2 Å². The lowest BCUT2D eigenvalue weighted by Gasteiger charge is -2.65. The summed E-state index contributed by atoms with van der Waals surface area (Å²) >= 11 is 0. The molecule has 0 aliphatic heterocycles. The summed E-state index contributed by atoms with van der Waals surface area (Å²) in [4.78, 5) is 0. The van der Waals surface area contributed by atoms with Crippen molar-refractivity contribution >= 4 is 0 Å². The fourth-order valence-electron chi connectivity index (χ4n) is 7.46. The number of rotatable bonds is 6. The van der Waals surface area contributed by atoms with Gasteiger partial charge in [0.05, 0.1) is 0 Å². The van der Waals surface area contributed by atoms with Crippen LogP contribution >= 0.6 is 0 Å². The number of benzene rings is 2. The fourth-order valence-corrected chi connectivity index (χ4v) is 7.46. The molecule has 0 aromatic heterocycles. The van der Waals surface area contributed by atoms with E-state index in [1.807, 2.05) is 18.2 Å². The van der Waals surface area contributed by atoms with Crippen LogP contribution < -0.4 is 10.1 Å². The number of halogens is 1. The second kappa shape index (κ2) is 6.84. The molecule has 2 aromatic rings. The first-order valence-corrected chi connectivity index (χ1v) is 11.0. The van der Waals surface area contributed by atoms with Gasteiger partial charge in [0.25, 0.3) is 0 Å². The molecule has 6 rings (SSSR count). The summed E-state index contributed by atoms with van der Waals surface area (Å²) in [5, 5.41) is 3.99. The molecule has 154 valence electrons. The zero-order chi connectivity index (χ0) is 20.1. The van der Waals surface area contributed by atoms with E-state index in [4.69, 9.17) is 4.74 Å². The Balaban J connectivity index is 1.25. The van der Waals surface area contributed by atoms with Crippen LogP contribution in [0.1, 0.15) is 63.5 Å². The molecule has 0 spiro atoms. The molecule has 4 aliphatic carbocycles. The van der Waals surface area contributed by atoms with E-state index in [1.54, 1.807) is 12.1 Å². The van der Waals surface area contributed by atoms with E-state index in [9.17, 15) is 4.39 Å². The molecule has 2 unspecified atom stereocenters. The van der Waals surface area contributed by atoms with Gasteiger partial charge in [0.1, 0.15) is 18.2 Å². The number of nitrogens with one attached hydrogen (secondary N) is 1. The van der Waals surface area contributed by atoms with Crippen LogP contribution in [0.5, 0.6) is 5.75 Å². The molecule has 4 fully saturated rings. The first-order valence-electron chi connectivity index (χ1n) is 11.0. The minimum atomic E-state index is -0.214. The Hall–Kier alpha value is -1.87. The van der Waals surface area contributed by atoms with Gasteiger partial charge in [0.2, 0.25) is 0 Å². The number of hydrogen-bond donors (Lipinski definition) is 1. The highest BCUT2D eigenvalue weighted by molar-refractivity contribution is 5.29. The minimum absolute atomic E-state index is 0.214. The van der Waals surface area contributed by atoms with Gasteiger partial charge in [-0.2, -0.15) is 0 Å². The number of ether oxygens (including phenoxy) is 1. The van der Waals surface area contributed by atoms with Gasteiger partial charge in [-0.3, -0.25) is 0 Å². The molecule has 0 radical (unpaired) electrons. The predicted molar refractivity (Wildman–Crippen MR) is 114 cm³/mol. The van der Waals surface area contributed by atoms with Gasteiger partial charge in [-0.15, -0.1) is 0 Å². The second-order valence-electron chi connectivity index (χ2n) is 10.8. The van der Waals surface area contributed by atoms with E-state index in [2.05, 4.69) is 31.3 Å². The molecule has 0 saturated heterocycles. The van der Waals surface area contributed by atoms with E-state index in [0.29, 0.717) is 21.9 Å². The molecule has 3 heteroatoms. The third-order valence-corrected chi connectivity index (χ3v) is 7.54. The van der Waals surface area contributed by atoms with Gasteiger partial charge in [0.15, 0.2) is 0 Å². The summed E-state index contributed by atoms with van der Waals surface area (Å²) < 4.78 is 19.7. The third-order valence-electron chi connectivity index (χ3n) is 7.54. The predicted octanol–water partition coefficient (Wildman–Crippen LogP) is 6.24. The first kappa shape index (κ1) is 19.1. The van der Waals surface area contributed by atoms with Gasteiger partial charge >= 0.3 is 0 Å². The van der Waals surface area contributed by atoms with Crippen molar-refractivity contribution in [2.45, 2.75) is 71.1 Å². The van der Waals surface area contributed by atoms with Crippen molar-refractivity contribution in [3.05, 3.63) is 65.5 Å². The van der Waals surface area contributed by atoms with E-state index < -0.39 is 0 Å². The molecule has 4 atom stereocenters. The molecule has 0 heterocycles. The monoisotopic (exact) mass is 393 g/mol. The minimum Gasteiger partial charge on any atom is -0.489 e. The maximum atomic E-state index is 13.8. The Kier molecular flexibility index (Phi) is 4.51. The van der Waals surface area contributed by atoms with Crippen molar-refractivity contribution in [3.63, 3.8) is 0 Å². The molecule has 4 saturated carbocycles. The highest BCUT2D eigenvalue weighted by Crippen LogP contribution is 2.66. The highest BCUT2D eigenvalue weighted by atomic mass is 19.1. The summed E-state index contributed by atoms with van der Waals surface area (Å²) in [5.74, 6) is 1.48. The van der Waals surface area contributed by atoms with Gasteiger partial charge in [-0.1, -0.05) is 44.2 Å². The van der Waals surface area contributed by atoms with Crippen LogP contribution in [0.2, 0.25) is 0 Å². The van der Waals surface area contributed by atoms with Crippen molar-refractivity contribution in [2.75, 3.05) is 0 Å². The standard InChI is InChI=1S/C26H32FNO/c1-24-11-20-12-25(2,16-24)18-26(13-20,17-24)28-14-19-6-5-8-22(10-19)29-15-21-7-3-4-9-23(21)27/h3-10,20,28H,11-18H2,1-2H3/t20?,24-,25+,26?. The largest absolute Gasteiger partial charge is 0.489 e. The van der Waals surface area contributed by atoms with E-state index in [1.165, 1.54) is 50.2 Å². The summed E-state index contributed by atoms with van der Waals surface area (Å²) in [6.45, 7) is 6.16. The van der Waals surface area contributed by atoms with Crippen molar-refractivity contribution in [2.24, 2.45) is 16.7 Å².